The van der Waals surface area contributed by atoms with Crippen LogP contribution in [-0.4, -0.2) is 20.2 Å². The first kappa shape index (κ1) is 13.4. The van der Waals surface area contributed by atoms with Crippen molar-refractivity contribution >= 4 is 23.4 Å². The van der Waals surface area contributed by atoms with Crippen LogP contribution in [0.15, 0.2) is 46.0 Å². The molecule has 106 valence electrons. The molecule has 0 saturated carbocycles. The second-order valence-corrected chi connectivity index (χ2v) is 5.10. The van der Waals surface area contributed by atoms with Crippen LogP contribution in [-0.2, 0) is 5.75 Å². The number of nitrogen functional groups attached to an aromatic ring is 2. The van der Waals surface area contributed by atoms with Crippen LogP contribution in [0.1, 0.15) is 5.89 Å². The van der Waals surface area contributed by atoms with Crippen LogP contribution in [0, 0.1) is 0 Å². The molecule has 0 unspecified atom stereocenters. The lowest BCUT2D eigenvalue weighted by molar-refractivity contribution is 0.528. The minimum atomic E-state index is 0.334. The molecule has 0 aliphatic heterocycles. The van der Waals surface area contributed by atoms with E-state index in [2.05, 4.69) is 20.2 Å². The summed E-state index contributed by atoms with van der Waals surface area (Å²) in [5, 5.41) is 8.49. The van der Waals surface area contributed by atoms with Crippen molar-refractivity contribution in [2.45, 2.75) is 10.9 Å². The molecule has 0 fully saturated rings. The Labute approximate surface area is 124 Å². The van der Waals surface area contributed by atoms with Gasteiger partial charge in [-0.2, -0.15) is 0 Å². The molecule has 2 heterocycles. The number of hydrogen-bond donors (Lipinski definition) is 2. The second-order valence-electron chi connectivity index (χ2n) is 4.16. The summed E-state index contributed by atoms with van der Waals surface area (Å²) < 4.78 is 5.59. The summed E-state index contributed by atoms with van der Waals surface area (Å²) in [7, 11) is 0. The third kappa shape index (κ3) is 3.29. The number of benzene rings is 1. The maximum Gasteiger partial charge on any atom is 0.247 e. The molecule has 0 amide bonds. The Kier molecular flexibility index (Phi) is 3.69. The molecule has 0 aliphatic rings. The normalized spacial score (nSPS) is 10.7. The molecule has 0 aliphatic carbocycles. The summed E-state index contributed by atoms with van der Waals surface area (Å²) >= 11 is 1.33. The molecule has 0 saturated heterocycles. The highest BCUT2D eigenvalue weighted by Gasteiger charge is 2.10. The van der Waals surface area contributed by atoms with Gasteiger partial charge in [-0.1, -0.05) is 30.0 Å². The fourth-order valence-corrected chi connectivity index (χ4v) is 2.37. The number of nitrogens with two attached hydrogens (primary N) is 2. The first-order chi connectivity index (χ1) is 10.2. The number of rotatable bonds is 4. The molecule has 3 aromatic rings. The van der Waals surface area contributed by atoms with Crippen LogP contribution in [0.3, 0.4) is 0 Å². The zero-order valence-electron chi connectivity index (χ0n) is 10.9. The highest BCUT2D eigenvalue weighted by Crippen LogP contribution is 2.23. The molecule has 7 nitrogen and oxygen atoms in total. The van der Waals surface area contributed by atoms with Gasteiger partial charge in [-0.25, -0.2) is 9.97 Å². The summed E-state index contributed by atoms with van der Waals surface area (Å²) in [5.41, 5.74) is 12.1. The molecule has 4 N–H and O–H groups in total. The van der Waals surface area contributed by atoms with E-state index < -0.39 is 0 Å². The van der Waals surface area contributed by atoms with Gasteiger partial charge in [-0.15, -0.1) is 10.2 Å². The van der Waals surface area contributed by atoms with E-state index >= 15 is 0 Å². The van der Waals surface area contributed by atoms with Gasteiger partial charge in [0.25, 0.3) is 0 Å². The van der Waals surface area contributed by atoms with E-state index in [4.69, 9.17) is 15.9 Å². The Morgan fingerprint density at radius 1 is 1.00 bits per heavy atom. The van der Waals surface area contributed by atoms with Crippen LogP contribution >= 0.6 is 11.8 Å². The van der Waals surface area contributed by atoms with Gasteiger partial charge >= 0.3 is 0 Å². The zero-order valence-corrected chi connectivity index (χ0v) is 11.7. The Morgan fingerprint density at radius 3 is 2.43 bits per heavy atom. The van der Waals surface area contributed by atoms with E-state index in [-0.39, 0.29) is 0 Å². The molecule has 3 rings (SSSR count). The van der Waals surface area contributed by atoms with Crippen LogP contribution < -0.4 is 11.5 Å². The quantitative estimate of drug-likeness (QED) is 0.555. The van der Waals surface area contributed by atoms with Crippen molar-refractivity contribution in [1.29, 1.82) is 0 Å². The maximum absolute atomic E-state index is 5.61. The number of thioether (sulfide) groups is 1. The first-order valence-electron chi connectivity index (χ1n) is 6.11. The lowest BCUT2D eigenvalue weighted by Gasteiger charge is -2.00. The Hall–Kier alpha value is -2.61. The molecule has 1 aromatic carbocycles. The largest absolute Gasteiger partial charge is 0.420 e. The lowest BCUT2D eigenvalue weighted by atomic mass is 10.2. The van der Waals surface area contributed by atoms with E-state index in [1.54, 1.807) is 0 Å². The fourth-order valence-electron chi connectivity index (χ4n) is 1.66. The van der Waals surface area contributed by atoms with Crippen LogP contribution in [0.2, 0.25) is 0 Å². The average molecular weight is 300 g/mol. The van der Waals surface area contributed by atoms with Crippen molar-refractivity contribution in [3.63, 3.8) is 0 Å². The third-order valence-electron chi connectivity index (χ3n) is 2.56. The van der Waals surface area contributed by atoms with Gasteiger partial charge in [-0.05, 0) is 12.1 Å². The zero-order chi connectivity index (χ0) is 14.7. The van der Waals surface area contributed by atoms with Crippen molar-refractivity contribution in [3.05, 3.63) is 42.3 Å². The number of hydrogen-bond acceptors (Lipinski definition) is 8. The lowest BCUT2D eigenvalue weighted by Crippen LogP contribution is -1.99. The van der Waals surface area contributed by atoms with E-state index in [1.807, 2.05) is 30.3 Å². The van der Waals surface area contributed by atoms with Crippen molar-refractivity contribution < 1.29 is 4.42 Å². The van der Waals surface area contributed by atoms with Crippen LogP contribution in [0.4, 0.5) is 11.6 Å². The van der Waals surface area contributed by atoms with Crippen LogP contribution in [0.25, 0.3) is 11.5 Å². The molecule has 21 heavy (non-hydrogen) atoms. The second kappa shape index (κ2) is 5.80. The minimum Gasteiger partial charge on any atom is -0.420 e. The van der Waals surface area contributed by atoms with Gasteiger partial charge in [-0.3, -0.25) is 0 Å². The Morgan fingerprint density at radius 2 is 1.71 bits per heavy atom. The Bertz CT molecular complexity index is 725. The van der Waals surface area contributed by atoms with E-state index in [1.165, 1.54) is 17.8 Å². The molecule has 0 atom stereocenters. The molecular weight excluding hydrogens is 288 g/mol. The summed E-state index contributed by atoms with van der Waals surface area (Å²) in [6, 6.07) is 11.1. The van der Waals surface area contributed by atoms with Gasteiger partial charge < -0.3 is 15.9 Å². The Balaban J connectivity index is 1.70. The molecule has 0 radical (unpaired) electrons. The maximum atomic E-state index is 5.61. The highest BCUT2D eigenvalue weighted by atomic mass is 32.2. The van der Waals surface area contributed by atoms with E-state index in [0.717, 1.165) is 5.56 Å². The van der Waals surface area contributed by atoms with Gasteiger partial charge in [0.15, 0.2) is 5.16 Å². The molecule has 8 heteroatoms. The van der Waals surface area contributed by atoms with Crippen molar-refractivity contribution in [2.24, 2.45) is 0 Å². The smallest absolute Gasteiger partial charge is 0.247 e. The molecular formula is C13H12N6OS. The topological polar surface area (TPSA) is 117 Å². The van der Waals surface area contributed by atoms with Crippen molar-refractivity contribution in [3.8, 4) is 11.5 Å². The predicted octanol–water partition coefficient (Wildman–Crippen LogP) is 1.98. The number of anilines is 2. The van der Waals surface area contributed by atoms with E-state index in [0.29, 0.717) is 34.3 Å². The predicted molar refractivity (Wildman–Crippen MR) is 80.2 cm³/mol. The SMILES string of the molecule is Nc1cc(N)nc(SCc2nnc(-c3ccccc3)o2)n1. The molecule has 0 spiro atoms. The summed E-state index contributed by atoms with van der Waals surface area (Å²) in [6.45, 7) is 0. The third-order valence-corrected chi connectivity index (χ3v) is 3.39. The standard InChI is InChI=1S/C13H12N6OS/c14-9-6-10(15)17-13(16-9)21-7-11-18-19-12(20-11)8-4-2-1-3-5-8/h1-6H,7H2,(H4,14,15,16,17). The van der Waals surface area contributed by atoms with E-state index in [9.17, 15) is 0 Å². The van der Waals surface area contributed by atoms with Gasteiger partial charge in [0.2, 0.25) is 11.8 Å². The average Bonchev–Trinajstić information content (AvgIpc) is 2.94. The van der Waals surface area contributed by atoms with Crippen LogP contribution in [0.5, 0.6) is 0 Å². The number of nitrogens with zero attached hydrogens (tertiary/aromatic N) is 4. The number of aromatic nitrogens is 4. The van der Waals surface area contributed by atoms with Gasteiger partial charge in [0.1, 0.15) is 11.6 Å². The van der Waals surface area contributed by atoms with Gasteiger partial charge in [0, 0.05) is 11.6 Å². The monoisotopic (exact) mass is 300 g/mol. The van der Waals surface area contributed by atoms with Gasteiger partial charge in [0.05, 0.1) is 5.75 Å². The van der Waals surface area contributed by atoms with Crippen molar-refractivity contribution in [2.75, 3.05) is 11.5 Å². The molecule has 0 bridgehead atoms. The highest BCUT2D eigenvalue weighted by molar-refractivity contribution is 7.98. The van der Waals surface area contributed by atoms with Crippen molar-refractivity contribution in [1.82, 2.24) is 20.2 Å². The summed E-state index contributed by atoms with van der Waals surface area (Å²) in [5.74, 6) is 2.09. The first-order valence-corrected chi connectivity index (χ1v) is 7.10. The summed E-state index contributed by atoms with van der Waals surface area (Å²) in [6.07, 6.45) is 0. The fraction of sp³-hybridized carbons (Fsp3) is 0.0769. The minimum absolute atomic E-state index is 0.334. The molecule has 2 aromatic heterocycles. The summed E-state index contributed by atoms with van der Waals surface area (Å²) in [4.78, 5) is 8.15.